The van der Waals surface area contributed by atoms with E-state index in [-0.39, 0.29) is 11.9 Å². The van der Waals surface area contributed by atoms with Crippen molar-refractivity contribution in [2.75, 3.05) is 39.8 Å². The summed E-state index contributed by atoms with van der Waals surface area (Å²) in [5.74, 6) is 1.05. The summed E-state index contributed by atoms with van der Waals surface area (Å²) in [6.45, 7) is 8.81. The zero-order valence-electron chi connectivity index (χ0n) is 18.7. The van der Waals surface area contributed by atoms with Gasteiger partial charge in [0.25, 0.3) is 5.91 Å². The number of methoxy groups -OCH3 is 1. The van der Waals surface area contributed by atoms with Gasteiger partial charge in [-0.15, -0.1) is 0 Å². The number of esters is 1. The molecule has 6 nitrogen and oxygen atoms in total. The minimum absolute atomic E-state index is 0.111. The monoisotopic (exact) mass is 424 g/mol. The summed E-state index contributed by atoms with van der Waals surface area (Å²) in [6.07, 6.45) is 3.37. The molecule has 31 heavy (non-hydrogen) atoms. The molecule has 0 atom stereocenters. The molecule has 166 valence electrons. The van der Waals surface area contributed by atoms with Gasteiger partial charge in [-0.05, 0) is 80.4 Å². The van der Waals surface area contributed by atoms with Gasteiger partial charge in [-0.25, -0.2) is 4.79 Å². The molecule has 1 saturated heterocycles. The first-order valence-electron chi connectivity index (χ1n) is 11.1. The highest BCUT2D eigenvalue weighted by Gasteiger charge is 2.25. The van der Waals surface area contributed by atoms with Crippen LogP contribution in [0.15, 0.2) is 42.5 Å². The van der Waals surface area contributed by atoms with E-state index >= 15 is 0 Å². The number of rotatable bonds is 6. The molecule has 0 aromatic heterocycles. The highest BCUT2D eigenvalue weighted by atomic mass is 16.5. The Balaban J connectivity index is 0.00000132. The number of carbonyl (C=O) groups excluding carboxylic acids is 2. The normalized spacial score (nSPS) is 15.7. The molecule has 0 spiro atoms. The van der Waals surface area contributed by atoms with Gasteiger partial charge in [-0.1, -0.05) is 13.8 Å². The third-order valence-corrected chi connectivity index (χ3v) is 5.64. The van der Waals surface area contributed by atoms with E-state index in [0.717, 1.165) is 50.3 Å². The topological polar surface area (TPSA) is 59.1 Å². The fourth-order valence-electron chi connectivity index (χ4n) is 3.97. The Morgan fingerprint density at radius 2 is 1.61 bits per heavy atom. The van der Waals surface area contributed by atoms with Crippen LogP contribution in [0, 0.1) is 0 Å². The molecule has 2 aliphatic rings. The van der Waals surface area contributed by atoms with Crippen LogP contribution in [-0.4, -0.2) is 61.5 Å². The number of ether oxygens (including phenoxy) is 2. The number of fused-ring (bicyclic) bond motifs is 1. The van der Waals surface area contributed by atoms with Gasteiger partial charge < -0.3 is 19.3 Å². The summed E-state index contributed by atoms with van der Waals surface area (Å²) in [5, 5.41) is 0. The van der Waals surface area contributed by atoms with Gasteiger partial charge in [-0.2, -0.15) is 0 Å². The van der Waals surface area contributed by atoms with E-state index in [9.17, 15) is 9.59 Å². The number of amides is 1. The highest BCUT2D eigenvalue weighted by molar-refractivity contribution is 5.97. The summed E-state index contributed by atoms with van der Waals surface area (Å²) in [6, 6.07) is 12.4. The summed E-state index contributed by atoms with van der Waals surface area (Å²) >= 11 is 0. The second kappa shape index (κ2) is 11.0. The average molecular weight is 425 g/mol. The molecule has 0 aliphatic carbocycles. The third-order valence-electron chi connectivity index (χ3n) is 5.64. The van der Waals surface area contributed by atoms with Crippen molar-refractivity contribution in [1.29, 1.82) is 0 Å². The molecule has 0 saturated carbocycles. The number of nitrogens with zero attached hydrogens (tertiary/aromatic N) is 2. The van der Waals surface area contributed by atoms with Gasteiger partial charge in [0.15, 0.2) is 0 Å². The summed E-state index contributed by atoms with van der Waals surface area (Å²) < 4.78 is 10.6. The minimum atomic E-state index is -0.377. The predicted molar refractivity (Wildman–Crippen MR) is 121 cm³/mol. The molecule has 4 rings (SSSR count). The maximum absolute atomic E-state index is 12.8. The van der Waals surface area contributed by atoms with Crippen molar-refractivity contribution < 1.29 is 19.1 Å². The molecule has 2 aromatic carbocycles. The third kappa shape index (κ3) is 5.64. The van der Waals surface area contributed by atoms with Crippen LogP contribution in [0.25, 0.3) is 0 Å². The Bertz CT molecular complexity index is 889. The van der Waals surface area contributed by atoms with Crippen molar-refractivity contribution in [2.45, 2.75) is 33.1 Å². The first-order chi connectivity index (χ1) is 15.1. The van der Waals surface area contributed by atoms with Gasteiger partial charge in [-0.3, -0.25) is 4.79 Å². The van der Waals surface area contributed by atoms with E-state index < -0.39 is 0 Å². The van der Waals surface area contributed by atoms with Crippen molar-refractivity contribution in [3.05, 3.63) is 59.2 Å². The van der Waals surface area contributed by atoms with Crippen molar-refractivity contribution in [1.82, 2.24) is 9.80 Å². The fourth-order valence-corrected chi connectivity index (χ4v) is 3.97. The smallest absolute Gasteiger partial charge is 0.337 e. The zero-order chi connectivity index (χ0) is 22.2. The van der Waals surface area contributed by atoms with E-state index in [0.29, 0.717) is 17.1 Å². The summed E-state index contributed by atoms with van der Waals surface area (Å²) in [5.41, 5.74) is 2.27. The van der Waals surface area contributed by atoms with Crippen LogP contribution in [-0.2, 0) is 11.2 Å². The van der Waals surface area contributed by atoms with Crippen molar-refractivity contribution in [3.63, 3.8) is 0 Å². The maximum Gasteiger partial charge on any atom is 0.337 e. The van der Waals surface area contributed by atoms with Crippen LogP contribution >= 0.6 is 0 Å². The van der Waals surface area contributed by atoms with Gasteiger partial charge >= 0.3 is 5.97 Å². The Labute approximate surface area is 184 Å². The van der Waals surface area contributed by atoms with E-state index in [2.05, 4.69) is 4.90 Å². The van der Waals surface area contributed by atoms with E-state index in [4.69, 9.17) is 9.47 Å². The van der Waals surface area contributed by atoms with Gasteiger partial charge in [0.05, 0.1) is 12.7 Å². The van der Waals surface area contributed by atoms with Crippen LogP contribution in [0.4, 0.5) is 0 Å². The Morgan fingerprint density at radius 3 is 2.29 bits per heavy atom. The zero-order valence-corrected chi connectivity index (χ0v) is 18.7. The van der Waals surface area contributed by atoms with E-state index in [1.165, 1.54) is 20.0 Å². The lowest BCUT2D eigenvalue weighted by Crippen LogP contribution is -2.42. The molecular weight excluding hydrogens is 392 g/mol. The molecule has 2 aromatic rings. The van der Waals surface area contributed by atoms with Crippen molar-refractivity contribution >= 4 is 11.9 Å². The molecule has 2 aliphatic heterocycles. The summed E-state index contributed by atoms with van der Waals surface area (Å²) in [4.78, 5) is 28.8. The quantitative estimate of drug-likeness (QED) is 0.644. The molecule has 6 heteroatoms. The first kappa shape index (κ1) is 22.8. The van der Waals surface area contributed by atoms with Gasteiger partial charge in [0.2, 0.25) is 0 Å². The van der Waals surface area contributed by atoms with E-state index in [1.54, 1.807) is 24.3 Å². The number of hydrogen-bond acceptors (Lipinski definition) is 5. The SMILES string of the molecule is CC.COC(=O)c1ccc(Oc2ccc3c(c2)CCN(CCN2CCCC2)C3=O)cc1. The molecule has 0 radical (unpaired) electrons. The highest BCUT2D eigenvalue weighted by Crippen LogP contribution is 2.27. The molecule has 0 N–H and O–H groups in total. The lowest BCUT2D eigenvalue weighted by molar-refractivity contribution is 0.0600. The van der Waals surface area contributed by atoms with Gasteiger partial charge in [0.1, 0.15) is 11.5 Å². The lowest BCUT2D eigenvalue weighted by atomic mass is 9.98. The molecule has 0 bridgehead atoms. The molecular formula is C25H32N2O4. The number of hydrogen-bond donors (Lipinski definition) is 0. The molecule has 1 amide bonds. The van der Waals surface area contributed by atoms with Crippen LogP contribution in [0.5, 0.6) is 11.5 Å². The average Bonchev–Trinajstić information content (AvgIpc) is 3.34. The molecule has 0 unspecified atom stereocenters. The first-order valence-corrected chi connectivity index (χ1v) is 11.1. The van der Waals surface area contributed by atoms with Crippen LogP contribution in [0.3, 0.4) is 0 Å². The largest absolute Gasteiger partial charge is 0.465 e. The number of benzene rings is 2. The summed E-state index contributed by atoms with van der Waals surface area (Å²) in [7, 11) is 1.36. The van der Waals surface area contributed by atoms with E-state index in [1.807, 2.05) is 36.9 Å². The van der Waals surface area contributed by atoms with Crippen molar-refractivity contribution in [2.24, 2.45) is 0 Å². The standard InChI is InChI=1S/C23H26N2O4.C2H6/c1-28-23(27)17-4-6-19(7-5-17)29-20-8-9-21-18(16-20)10-13-25(22(21)26)15-14-24-11-2-3-12-24;1-2/h4-9,16H,2-3,10-15H2,1H3;1-2H3. The molecule has 1 fully saturated rings. The second-order valence-corrected chi connectivity index (χ2v) is 7.53. The Kier molecular flexibility index (Phi) is 8.06. The van der Waals surface area contributed by atoms with Gasteiger partial charge in [0, 0.05) is 25.2 Å². The minimum Gasteiger partial charge on any atom is -0.465 e. The second-order valence-electron chi connectivity index (χ2n) is 7.53. The maximum atomic E-state index is 12.8. The Morgan fingerprint density at radius 1 is 0.935 bits per heavy atom. The Hall–Kier alpha value is -2.86. The van der Waals surface area contributed by atoms with Crippen LogP contribution < -0.4 is 4.74 Å². The van der Waals surface area contributed by atoms with Crippen LogP contribution in [0.1, 0.15) is 53.0 Å². The predicted octanol–water partition coefficient (Wildman–Crippen LogP) is 4.39. The molecule has 2 heterocycles. The number of likely N-dealkylation sites (tertiary alicyclic amines) is 1. The lowest BCUT2D eigenvalue weighted by Gasteiger charge is -2.30. The fraction of sp³-hybridized carbons (Fsp3) is 0.440. The number of carbonyl (C=O) groups is 2. The van der Waals surface area contributed by atoms with Crippen molar-refractivity contribution in [3.8, 4) is 11.5 Å². The van der Waals surface area contributed by atoms with Crippen LogP contribution in [0.2, 0.25) is 0 Å².